The van der Waals surface area contributed by atoms with E-state index in [0.717, 1.165) is 12.8 Å². The predicted molar refractivity (Wildman–Crippen MR) is 218 cm³/mol. The van der Waals surface area contributed by atoms with Gasteiger partial charge in [-0.15, -0.1) is 6.42 Å². The number of nitrogens with one attached hydrogen (secondary N) is 1. The molecule has 19 atom stereocenters. The van der Waals surface area contributed by atoms with Crippen LogP contribution in [0.25, 0.3) is 0 Å². The lowest BCUT2D eigenvalue weighted by molar-refractivity contribution is -0.398. The van der Waals surface area contributed by atoms with E-state index in [1.54, 1.807) is 6.92 Å². The number of ketones is 1. The maximum atomic E-state index is 14.6. The molecule has 4 fully saturated rings. The van der Waals surface area contributed by atoms with Gasteiger partial charge in [-0.2, -0.15) is 0 Å². The summed E-state index contributed by atoms with van der Waals surface area (Å²) in [5.74, 6) is -2.67. The number of Topliss-reactive ketones (excluding diaryl/α,β-unsaturated/α-hetero) is 1. The molecule has 0 aromatic carbocycles. The molecule has 5 heterocycles. The van der Waals surface area contributed by atoms with Gasteiger partial charge < -0.3 is 39.0 Å². The van der Waals surface area contributed by atoms with E-state index in [-0.39, 0.29) is 53.8 Å². The predicted octanol–water partition coefficient (Wildman–Crippen LogP) is 6.66. The van der Waals surface area contributed by atoms with Crippen molar-refractivity contribution in [1.29, 1.82) is 0 Å². The summed E-state index contributed by atoms with van der Waals surface area (Å²) in [6, 6.07) is -0.362. The maximum Gasteiger partial charge on any atom is 0.309 e. The first-order valence-corrected chi connectivity index (χ1v) is 22.2. The monoisotopic (exact) mass is 802 g/mol. The zero-order valence-electron chi connectivity index (χ0n) is 36.7. The fraction of sp³-hybridized carbons (Fsp3) is 0.870. The van der Waals surface area contributed by atoms with E-state index in [1.807, 2.05) is 47.6 Å². The molecule has 0 aromatic rings. The highest BCUT2D eigenvalue weighted by atomic mass is 16.8. The highest BCUT2D eigenvalue weighted by Crippen LogP contribution is 2.54. The summed E-state index contributed by atoms with van der Waals surface area (Å²) >= 11 is 0. The molecule has 5 rings (SSSR count). The average molecular weight is 802 g/mol. The molecular formula is C46H75NO10. The molecule has 2 spiro atoms. The normalized spacial score (nSPS) is 44.9. The Morgan fingerprint density at radius 2 is 1.56 bits per heavy atom. The number of carbonyl (C=O) groups excluding carboxylic acids is 1. The second kappa shape index (κ2) is 18.0. The molecule has 0 aromatic heterocycles. The molecule has 11 nitrogen and oxygen atoms in total. The molecule has 57 heavy (non-hydrogen) atoms. The first-order chi connectivity index (χ1) is 26.8. The highest BCUT2D eigenvalue weighted by Gasteiger charge is 2.63. The molecule has 0 amide bonds. The molecule has 11 heteroatoms. The Bertz CT molecular complexity index is 1480. The molecular weight excluding hydrogens is 727 g/mol. The van der Waals surface area contributed by atoms with Crippen molar-refractivity contribution in [2.75, 3.05) is 6.54 Å². The standard InChI is InChI=1S/C46H75NO10/c1-13-23-47-35-17-20-45(57-46(35)22-21-43(12,56-46)36-18-19-44(52,16-4)32(11)53-36)29(8)25-28(7)41(55-45)33(14-2)38(49)30(9)37(48)31(10)39-26(5)24-27(6)40(54-39)34(15-3)42(50)51/h1,17,20,26-37,39-41,47-48,52H,14-16,18-19,21-25H2,2-12H3,(H,50,51)/t26-,27-,28-,29+,30-,31-,32-,33-,34+,35+,36+,37+,39+,40+,41-,43-,44+,45-,46-/m0/s1. The van der Waals surface area contributed by atoms with Crippen LogP contribution in [0.15, 0.2) is 12.2 Å². The summed E-state index contributed by atoms with van der Waals surface area (Å²) in [7, 11) is 0. The smallest absolute Gasteiger partial charge is 0.309 e. The summed E-state index contributed by atoms with van der Waals surface area (Å²) < 4.78 is 34.5. The number of hydrogen-bond acceptors (Lipinski definition) is 10. The zero-order valence-corrected chi connectivity index (χ0v) is 36.7. The van der Waals surface area contributed by atoms with Crippen molar-refractivity contribution in [3.63, 3.8) is 0 Å². The second-order valence-electron chi connectivity index (χ2n) is 19.1. The van der Waals surface area contributed by atoms with Crippen LogP contribution in [0.4, 0.5) is 0 Å². The van der Waals surface area contributed by atoms with E-state index >= 15 is 0 Å². The fourth-order valence-electron chi connectivity index (χ4n) is 11.4. The highest BCUT2D eigenvalue weighted by molar-refractivity contribution is 5.84. The van der Waals surface area contributed by atoms with Crippen LogP contribution in [0.5, 0.6) is 0 Å². The molecule has 0 radical (unpaired) electrons. The van der Waals surface area contributed by atoms with Crippen LogP contribution in [-0.4, -0.2) is 99.1 Å². The van der Waals surface area contributed by atoms with Crippen molar-refractivity contribution in [3.8, 4) is 12.3 Å². The third kappa shape index (κ3) is 8.82. The number of carboxylic acid groups (broad SMARTS) is 1. The molecule has 0 bridgehead atoms. The Labute approximate surface area is 342 Å². The quantitative estimate of drug-likeness (QED) is 0.110. The number of hydrogen-bond donors (Lipinski definition) is 4. The first-order valence-electron chi connectivity index (χ1n) is 22.2. The molecule has 0 aliphatic carbocycles. The zero-order chi connectivity index (χ0) is 42.2. The van der Waals surface area contributed by atoms with Gasteiger partial charge in [0.25, 0.3) is 0 Å². The van der Waals surface area contributed by atoms with Crippen molar-refractivity contribution in [3.05, 3.63) is 12.2 Å². The van der Waals surface area contributed by atoms with Crippen molar-refractivity contribution < 1.29 is 48.6 Å². The second-order valence-corrected chi connectivity index (χ2v) is 19.1. The number of ether oxygens (including phenoxy) is 5. The Kier molecular flexibility index (Phi) is 14.6. The number of aliphatic carboxylic acids is 1. The Balaban J connectivity index is 1.36. The fourth-order valence-corrected chi connectivity index (χ4v) is 11.4. The van der Waals surface area contributed by atoms with Gasteiger partial charge >= 0.3 is 5.97 Å². The maximum absolute atomic E-state index is 14.6. The SMILES string of the molecule is C#CCN[C@@H]1C=C[C@]2(O[C@H]([C@@H](CC)C(=O)[C@@H](C)[C@@H](O)[C@H](C)[C@@H]3O[C@@H]([C@@H](CC)C(=O)O)[C@@H](C)C[C@@H]3C)[C@@H](C)C[C@H]2C)O[C@@]12CC[C@@](C)([C@H]1CC[C@](O)(CC)[C@H](C)O1)O2. The van der Waals surface area contributed by atoms with Crippen LogP contribution >= 0.6 is 0 Å². The Morgan fingerprint density at radius 3 is 2.16 bits per heavy atom. The topological polar surface area (TPSA) is 153 Å². The Hall–Kier alpha value is -1.88. The molecule has 5 aliphatic rings. The van der Waals surface area contributed by atoms with E-state index in [2.05, 4.69) is 45.0 Å². The third-order valence-electron chi connectivity index (χ3n) is 15.2. The minimum atomic E-state index is -1.18. The number of terminal acetylenes is 1. The summed E-state index contributed by atoms with van der Waals surface area (Å²) in [5.41, 5.74) is -1.56. The summed E-state index contributed by atoms with van der Waals surface area (Å²) in [6.45, 7) is 22.3. The van der Waals surface area contributed by atoms with Gasteiger partial charge in [-0.25, -0.2) is 0 Å². The number of carbonyl (C=O) groups is 2. The summed E-state index contributed by atoms with van der Waals surface area (Å²) in [4.78, 5) is 26.7. The van der Waals surface area contributed by atoms with Gasteiger partial charge in [-0.3, -0.25) is 14.9 Å². The van der Waals surface area contributed by atoms with Gasteiger partial charge in [-0.1, -0.05) is 74.3 Å². The van der Waals surface area contributed by atoms with E-state index in [4.69, 9.17) is 30.1 Å². The molecule has 5 aliphatic heterocycles. The van der Waals surface area contributed by atoms with Crippen molar-refractivity contribution >= 4 is 11.8 Å². The number of carboxylic acids is 1. The lowest BCUT2D eigenvalue weighted by Crippen LogP contribution is -2.65. The van der Waals surface area contributed by atoms with Gasteiger partial charge in [0.2, 0.25) is 0 Å². The van der Waals surface area contributed by atoms with Crippen LogP contribution in [0.1, 0.15) is 134 Å². The molecule has 0 unspecified atom stereocenters. The van der Waals surface area contributed by atoms with Crippen LogP contribution in [0, 0.1) is 59.7 Å². The van der Waals surface area contributed by atoms with Gasteiger partial charge in [0.1, 0.15) is 5.78 Å². The minimum Gasteiger partial charge on any atom is -0.481 e. The first kappa shape index (κ1) is 46.2. The molecule has 4 N–H and O–H groups in total. The van der Waals surface area contributed by atoms with Crippen LogP contribution in [0.3, 0.4) is 0 Å². The average Bonchev–Trinajstić information content (AvgIpc) is 3.51. The summed E-state index contributed by atoms with van der Waals surface area (Å²) in [5, 5.41) is 36.4. The van der Waals surface area contributed by atoms with Crippen molar-refractivity contribution in [2.45, 2.75) is 199 Å². The van der Waals surface area contributed by atoms with Crippen LogP contribution < -0.4 is 5.32 Å². The van der Waals surface area contributed by atoms with E-state index in [0.29, 0.717) is 51.5 Å². The summed E-state index contributed by atoms with van der Waals surface area (Å²) in [6.07, 6.45) is 12.5. The van der Waals surface area contributed by atoms with E-state index in [9.17, 15) is 24.9 Å². The van der Waals surface area contributed by atoms with Crippen LogP contribution in [0.2, 0.25) is 0 Å². The van der Waals surface area contributed by atoms with Crippen molar-refractivity contribution in [1.82, 2.24) is 5.32 Å². The largest absolute Gasteiger partial charge is 0.481 e. The van der Waals surface area contributed by atoms with Gasteiger partial charge in [0, 0.05) is 30.1 Å². The van der Waals surface area contributed by atoms with Crippen molar-refractivity contribution in [2.24, 2.45) is 47.3 Å². The van der Waals surface area contributed by atoms with Gasteiger partial charge in [-0.05, 0) is 89.0 Å². The molecule has 324 valence electrons. The van der Waals surface area contributed by atoms with Gasteiger partial charge in [0.05, 0.1) is 66.3 Å². The number of aliphatic hydroxyl groups excluding tert-OH is 1. The number of aliphatic hydroxyl groups is 2. The molecule has 4 saturated heterocycles. The third-order valence-corrected chi connectivity index (χ3v) is 15.2. The van der Waals surface area contributed by atoms with E-state index in [1.165, 1.54) is 0 Å². The lowest BCUT2D eigenvalue weighted by Gasteiger charge is -2.55. The lowest BCUT2D eigenvalue weighted by atomic mass is 9.72. The Morgan fingerprint density at radius 1 is 0.912 bits per heavy atom. The minimum absolute atomic E-state index is 0.0293. The molecule has 0 saturated carbocycles. The van der Waals surface area contributed by atoms with Gasteiger partial charge in [0.15, 0.2) is 11.6 Å². The number of rotatable bonds is 14. The van der Waals surface area contributed by atoms with Crippen LogP contribution in [-0.2, 0) is 33.3 Å². The van der Waals surface area contributed by atoms with E-state index < -0.39 is 70.7 Å².